The van der Waals surface area contributed by atoms with E-state index in [4.69, 9.17) is 11.6 Å². The van der Waals surface area contributed by atoms with E-state index in [2.05, 4.69) is 25.4 Å². The van der Waals surface area contributed by atoms with E-state index in [1.165, 1.54) is 23.4 Å². The Morgan fingerprint density at radius 1 is 1.06 bits per heavy atom. The van der Waals surface area contributed by atoms with Crippen LogP contribution in [-0.2, 0) is 17.6 Å². The lowest BCUT2D eigenvalue weighted by molar-refractivity contribution is -0.120. The van der Waals surface area contributed by atoms with Gasteiger partial charge in [0, 0.05) is 28.6 Å². The molecular weight excluding hydrogens is 430 g/mol. The van der Waals surface area contributed by atoms with Crippen molar-refractivity contribution in [2.24, 2.45) is 5.92 Å². The van der Waals surface area contributed by atoms with Gasteiger partial charge in [0.15, 0.2) is 10.9 Å². The van der Waals surface area contributed by atoms with Crippen LogP contribution in [0.25, 0.3) is 11.3 Å². The minimum Gasteiger partial charge on any atom is -0.354 e. The molecule has 1 N–H and O–H groups in total. The lowest BCUT2D eigenvalue weighted by atomic mass is 9.97. The number of halogens is 1. The van der Waals surface area contributed by atoms with Crippen molar-refractivity contribution in [3.8, 4) is 11.3 Å². The highest BCUT2D eigenvalue weighted by molar-refractivity contribution is 7.15. The third-order valence-electron chi connectivity index (χ3n) is 5.98. The van der Waals surface area contributed by atoms with E-state index in [1.807, 2.05) is 36.4 Å². The Hall–Kier alpha value is -2.51. The molecule has 1 atom stereocenters. The van der Waals surface area contributed by atoms with E-state index in [-0.39, 0.29) is 11.8 Å². The molecule has 0 spiro atoms. The van der Waals surface area contributed by atoms with Crippen LogP contribution in [-0.4, -0.2) is 34.2 Å². The number of amides is 1. The van der Waals surface area contributed by atoms with Gasteiger partial charge < -0.3 is 10.2 Å². The van der Waals surface area contributed by atoms with Gasteiger partial charge in [-0.1, -0.05) is 23.7 Å². The summed E-state index contributed by atoms with van der Waals surface area (Å²) in [5, 5.41) is 13.3. The van der Waals surface area contributed by atoms with Crippen LogP contribution in [0.4, 0.5) is 10.9 Å². The molecule has 1 aliphatic heterocycles. The van der Waals surface area contributed by atoms with Crippen molar-refractivity contribution in [3.63, 3.8) is 0 Å². The number of benzene rings is 1. The molecule has 1 saturated heterocycles. The fraction of sp³-hybridized carbons (Fsp3) is 0.391. The van der Waals surface area contributed by atoms with E-state index < -0.39 is 0 Å². The molecule has 1 aliphatic carbocycles. The monoisotopic (exact) mass is 453 g/mol. The van der Waals surface area contributed by atoms with Gasteiger partial charge in [-0.2, -0.15) is 0 Å². The number of carbonyl (C=O) groups excluding carboxylic acids is 1. The number of nitrogens with zero attached hydrogens (tertiary/aromatic N) is 4. The van der Waals surface area contributed by atoms with Gasteiger partial charge >= 0.3 is 0 Å². The molecule has 0 saturated carbocycles. The number of aromatic nitrogens is 3. The van der Waals surface area contributed by atoms with Crippen LogP contribution in [0.1, 0.15) is 36.3 Å². The summed E-state index contributed by atoms with van der Waals surface area (Å²) in [4.78, 5) is 21.0. The first-order chi connectivity index (χ1) is 15.2. The quantitative estimate of drug-likeness (QED) is 0.602. The third-order valence-corrected chi connectivity index (χ3v) is 7.31. The van der Waals surface area contributed by atoms with Crippen molar-refractivity contribution in [2.45, 2.75) is 38.5 Å². The van der Waals surface area contributed by atoms with E-state index in [0.717, 1.165) is 54.4 Å². The number of nitrogens with one attached hydrogen (secondary N) is 1. The Balaban J connectivity index is 1.24. The summed E-state index contributed by atoms with van der Waals surface area (Å²) in [6, 6.07) is 11.5. The number of thiazole rings is 1. The van der Waals surface area contributed by atoms with Gasteiger partial charge in [0.05, 0.1) is 17.3 Å². The van der Waals surface area contributed by atoms with Crippen molar-refractivity contribution >= 4 is 39.8 Å². The Morgan fingerprint density at radius 3 is 2.68 bits per heavy atom. The molecule has 8 heteroatoms. The third kappa shape index (κ3) is 4.57. The minimum absolute atomic E-state index is 0.0570. The van der Waals surface area contributed by atoms with Crippen LogP contribution in [0.2, 0.25) is 5.02 Å². The van der Waals surface area contributed by atoms with Crippen molar-refractivity contribution in [3.05, 3.63) is 52.0 Å². The first-order valence-corrected chi connectivity index (χ1v) is 12.0. The average molecular weight is 454 g/mol. The first-order valence-electron chi connectivity index (χ1n) is 10.8. The minimum atomic E-state index is -0.0765. The lowest BCUT2D eigenvalue weighted by Gasteiger charge is -2.32. The van der Waals surface area contributed by atoms with Crippen molar-refractivity contribution in [1.82, 2.24) is 15.2 Å². The maximum Gasteiger partial charge on any atom is 0.231 e. The second kappa shape index (κ2) is 8.93. The number of piperidine rings is 1. The second-order valence-electron chi connectivity index (χ2n) is 8.15. The van der Waals surface area contributed by atoms with Crippen LogP contribution in [0.5, 0.6) is 0 Å². The van der Waals surface area contributed by atoms with Crippen LogP contribution in [0.3, 0.4) is 0 Å². The highest BCUT2D eigenvalue weighted by Gasteiger charge is 2.28. The summed E-state index contributed by atoms with van der Waals surface area (Å²) in [6.07, 6.45) is 6.36. The molecule has 1 unspecified atom stereocenters. The van der Waals surface area contributed by atoms with Gasteiger partial charge in [0.25, 0.3) is 0 Å². The number of carbonyl (C=O) groups is 1. The van der Waals surface area contributed by atoms with Gasteiger partial charge in [0.2, 0.25) is 5.91 Å². The normalized spacial score (nSPS) is 18.5. The summed E-state index contributed by atoms with van der Waals surface area (Å²) in [6.45, 7) is 1.52. The second-order valence-corrected chi connectivity index (χ2v) is 9.67. The highest BCUT2D eigenvalue weighted by Crippen LogP contribution is 2.31. The smallest absolute Gasteiger partial charge is 0.231 e. The number of anilines is 2. The molecule has 3 heterocycles. The average Bonchev–Trinajstić information content (AvgIpc) is 3.22. The van der Waals surface area contributed by atoms with Crippen LogP contribution in [0, 0.1) is 5.92 Å². The van der Waals surface area contributed by atoms with E-state index in [1.54, 1.807) is 11.3 Å². The Labute approximate surface area is 190 Å². The van der Waals surface area contributed by atoms with Gasteiger partial charge in [-0.05, 0) is 62.8 Å². The first kappa shape index (κ1) is 20.4. The molecule has 160 valence electrons. The number of hydrogen-bond donors (Lipinski definition) is 1. The molecule has 6 nitrogen and oxygen atoms in total. The fourth-order valence-electron chi connectivity index (χ4n) is 4.28. The van der Waals surface area contributed by atoms with Gasteiger partial charge in [-0.15, -0.1) is 21.5 Å². The van der Waals surface area contributed by atoms with E-state index >= 15 is 0 Å². The summed E-state index contributed by atoms with van der Waals surface area (Å²) >= 11 is 7.60. The van der Waals surface area contributed by atoms with Crippen LogP contribution >= 0.6 is 22.9 Å². The zero-order valence-corrected chi connectivity index (χ0v) is 18.8. The molecule has 5 rings (SSSR count). The summed E-state index contributed by atoms with van der Waals surface area (Å²) < 4.78 is 0. The largest absolute Gasteiger partial charge is 0.354 e. The summed E-state index contributed by atoms with van der Waals surface area (Å²) in [7, 11) is 0. The number of rotatable bonds is 4. The predicted octanol–water partition coefficient (Wildman–Crippen LogP) is 4.99. The molecule has 0 bridgehead atoms. The highest BCUT2D eigenvalue weighted by atomic mass is 35.5. The molecule has 1 aromatic carbocycles. The summed E-state index contributed by atoms with van der Waals surface area (Å²) in [5.41, 5.74) is 2.96. The Kier molecular flexibility index (Phi) is 5.87. The predicted molar refractivity (Wildman–Crippen MR) is 125 cm³/mol. The van der Waals surface area contributed by atoms with Crippen molar-refractivity contribution < 1.29 is 4.79 Å². The molecule has 1 fully saturated rings. The van der Waals surface area contributed by atoms with Crippen molar-refractivity contribution in [1.29, 1.82) is 0 Å². The SMILES string of the molecule is O=C(Nc1nc2c(s1)CCCC2)C1CCCN(c2ccc(-c3ccc(Cl)cc3)nn2)C1. The standard InChI is InChI=1S/C23H24ClN5OS/c24-17-9-7-15(8-10-17)18-11-12-21(28-27-18)29-13-3-4-16(14-29)22(30)26-23-25-19-5-1-2-6-20(19)31-23/h7-12,16H,1-6,13-14H2,(H,25,26,30). The van der Waals surface area contributed by atoms with Gasteiger partial charge in [-0.25, -0.2) is 4.98 Å². The molecule has 0 radical (unpaired) electrons. The maximum absolute atomic E-state index is 12.9. The summed E-state index contributed by atoms with van der Waals surface area (Å²) in [5.74, 6) is 0.786. The molecule has 2 aliphatic rings. The molecule has 31 heavy (non-hydrogen) atoms. The van der Waals surface area contributed by atoms with Crippen LogP contribution < -0.4 is 10.2 Å². The Bertz CT molecular complexity index is 1040. The van der Waals surface area contributed by atoms with Gasteiger partial charge in [-0.3, -0.25) is 4.79 Å². The Morgan fingerprint density at radius 2 is 1.90 bits per heavy atom. The zero-order chi connectivity index (χ0) is 21.2. The fourth-order valence-corrected chi connectivity index (χ4v) is 5.46. The molecular formula is C23H24ClN5OS. The number of hydrogen-bond acceptors (Lipinski definition) is 6. The topological polar surface area (TPSA) is 71.0 Å². The molecule has 3 aromatic rings. The van der Waals surface area contributed by atoms with Gasteiger partial charge in [0.1, 0.15) is 0 Å². The van der Waals surface area contributed by atoms with Crippen molar-refractivity contribution in [2.75, 3.05) is 23.3 Å². The lowest BCUT2D eigenvalue weighted by Crippen LogP contribution is -2.41. The molecule has 1 amide bonds. The number of aryl methyl sites for hydroxylation is 2. The maximum atomic E-state index is 12.9. The van der Waals surface area contributed by atoms with Crippen LogP contribution in [0.15, 0.2) is 36.4 Å². The number of fused-ring (bicyclic) bond motifs is 1. The zero-order valence-electron chi connectivity index (χ0n) is 17.2. The van der Waals surface area contributed by atoms with E-state index in [9.17, 15) is 4.79 Å². The van der Waals surface area contributed by atoms with E-state index in [0.29, 0.717) is 11.6 Å². The molecule has 2 aromatic heterocycles.